The number of imidazole rings is 1. The molecule has 0 saturated heterocycles. The Hall–Kier alpha value is -3.72. The molecule has 0 spiro atoms. The highest BCUT2D eigenvalue weighted by Gasteiger charge is 2.28. The monoisotopic (exact) mass is 341 g/mol. The van der Waals surface area contributed by atoms with Crippen molar-refractivity contribution >= 4 is 16.8 Å². The molecule has 4 rings (SSSR count). The molecule has 6 heteroatoms. The second-order valence-corrected chi connectivity index (χ2v) is 6.01. The molecule has 0 aliphatic carbocycles. The van der Waals surface area contributed by atoms with Crippen molar-refractivity contribution in [1.82, 2.24) is 19.7 Å². The molecule has 126 valence electrons. The number of Topliss-reactive ketones (excluding diaryl/α,β-unsaturated/α-hetero) is 1. The van der Waals surface area contributed by atoms with Crippen LogP contribution in [0.15, 0.2) is 60.8 Å². The predicted molar refractivity (Wildman–Crippen MR) is 97.1 cm³/mol. The van der Waals surface area contributed by atoms with Gasteiger partial charge in [0.15, 0.2) is 5.92 Å². The van der Waals surface area contributed by atoms with Gasteiger partial charge in [-0.3, -0.25) is 4.79 Å². The van der Waals surface area contributed by atoms with Crippen molar-refractivity contribution < 1.29 is 4.79 Å². The van der Waals surface area contributed by atoms with Crippen LogP contribution in [0, 0.1) is 18.3 Å². The number of nitrogens with one attached hydrogen (secondary N) is 1. The van der Waals surface area contributed by atoms with E-state index >= 15 is 0 Å². The molecule has 2 aromatic carbocycles. The Kier molecular flexibility index (Phi) is 3.82. The molecule has 1 N–H and O–H groups in total. The number of aryl methyl sites for hydroxylation is 1. The van der Waals surface area contributed by atoms with Gasteiger partial charge in [0.05, 0.1) is 22.8 Å². The van der Waals surface area contributed by atoms with Crippen LogP contribution >= 0.6 is 0 Å². The molecule has 0 radical (unpaired) electrons. The first-order valence-electron chi connectivity index (χ1n) is 8.17. The number of fused-ring (bicyclic) bond motifs is 1. The summed E-state index contributed by atoms with van der Waals surface area (Å²) in [5.41, 5.74) is 3.37. The van der Waals surface area contributed by atoms with Crippen LogP contribution in [0.2, 0.25) is 0 Å². The molecule has 0 unspecified atom stereocenters. The Morgan fingerprint density at radius 1 is 1.15 bits per heavy atom. The van der Waals surface area contributed by atoms with Crippen molar-refractivity contribution in [2.75, 3.05) is 0 Å². The van der Waals surface area contributed by atoms with Gasteiger partial charge in [-0.2, -0.15) is 10.4 Å². The lowest BCUT2D eigenvalue weighted by Crippen LogP contribution is -2.14. The standard InChI is InChI=1S/C20H15N5O/c1-13-12-25(14-7-3-2-4-8-14)24-18(13)19(26)15(11-21)20-22-16-9-5-6-10-17(16)23-20/h2-10,12,15H,1H3,(H,22,23)/t15-/m0/s1. The maximum atomic E-state index is 13.0. The SMILES string of the molecule is Cc1cn(-c2ccccc2)nc1C(=O)[C@H](C#N)c1nc2ccccc2[nH]1. The van der Waals surface area contributed by atoms with Crippen LogP contribution in [0.25, 0.3) is 16.7 Å². The first-order chi connectivity index (χ1) is 12.7. The Bertz CT molecular complexity index is 1100. The largest absolute Gasteiger partial charge is 0.340 e. The van der Waals surface area contributed by atoms with E-state index in [9.17, 15) is 10.1 Å². The summed E-state index contributed by atoms with van der Waals surface area (Å²) in [5.74, 6) is -1.05. The molecule has 4 aromatic rings. The molecule has 0 bridgehead atoms. The van der Waals surface area contributed by atoms with E-state index in [1.54, 1.807) is 10.9 Å². The maximum absolute atomic E-state index is 13.0. The number of benzene rings is 2. The number of aromatic nitrogens is 4. The molecule has 2 heterocycles. The molecular formula is C20H15N5O. The minimum atomic E-state index is -1.03. The molecule has 6 nitrogen and oxygen atoms in total. The minimum Gasteiger partial charge on any atom is -0.340 e. The lowest BCUT2D eigenvalue weighted by molar-refractivity contribution is 0.0970. The number of nitriles is 1. The van der Waals surface area contributed by atoms with Crippen LogP contribution in [-0.4, -0.2) is 25.5 Å². The van der Waals surface area contributed by atoms with E-state index < -0.39 is 5.92 Å². The van der Waals surface area contributed by atoms with Gasteiger partial charge in [0, 0.05) is 6.20 Å². The second-order valence-electron chi connectivity index (χ2n) is 6.01. The second kappa shape index (κ2) is 6.30. The lowest BCUT2D eigenvalue weighted by atomic mass is 10.0. The Labute approximate surface area is 149 Å². The highest BCUT2D eigenvalue weighted by atomic mass is 16.1. The highest BCUT2D eigenvalue weighted by molar-refractivity contribution is 6.02. The summed E-state index contributed by atoms with van der Waals surface area (Å²) in [7, 11) is 0. The first kappa shape index (κ1) is 15.8. The Morgan fingerprint density at radius 3 is 2.62 bits per heavy atom. The summed E-state index contributed by atoms with van der Waals surface area (Å²) in [5, 5.41) is 14.0. The van der Waals surface area contributed by atoms with Gasteiger partial charge >= 0.3 is 0 Å². The number of nitrogens with zero attached hydrogens (tertiary/aromatic N) is 4. The molecule has 0 aliphatic rings. The quantitative estimate of drug-likeness (QED) is 0.575. The van der Waals surface area contributed by atoms with Gasteiger partial charge in [-0.05, 0) is 36.8 Å². The number of hydrogen-bond donors (Lipinski definition) is 1. The maximum Gasteiger partial charge on any atom is 0.208 e. The van der Waals surface area contributed by atoms with Crippen molar-refractivity contribution in [3.8, 4) is 11.8 Å². The molecule has 1 atom stereocenters. The number of ketones is 1. The van der Waals surface area contributed by atoms with Crippen LogP contribution in [0.4, 0.5) is 0 Å². The van der Waals surface area contributed by atoms with Crippen molar-refractivity contribution in [2.24, 2.45) is 0 Å². The summed E-state index contributed by atoms with van der Waals surface area (Å²) >= 11 is 0. The van der Waals surface area contributed by atoms with Crippen molar-refractivity contribution in [1.29, 1.82) is 5.26 Å². The van der Waals surface area contributed by atoms with Crippen molar-refractivity contribution in [2.45, 2.75) is 12.8 Å². The van der Waals surface area contributed by atoms with E-state index in [2.05, 4.69) is 21.1 Å². The molecule has 2 aromatic heterocycles. The van der Waals surface area contributed by atoms with Crippen LogP contribution < -0.4 is 0 Å². The van der Waals surface area contributed by atoms with Gasteiger partial charge in [-0.1, -0.05) is 30.3 Å². The third-order valence-electron chi connectivity index (χ3n) is 4.22. The van der Waals surface area contributed by atoms with E-state index in [0.717, 1.165) is 22.3 Å². The third kappa shape index (κ3) is 2.66. The van der Waals surface area contributed by atoms with E-state index in [-0.39, 0.29) is 11.5 Å². The average Bonchev–Trinajstić information content (AvgIpc) is 3.26. The number of para-hydroxylation sites is 3. The summed E-state index contributed by atoms with van der Waals surface area (Å²) in [4.78, 5) is 20.4. The topological polar surface area (TPSA) is 87.4 Å². The van der Waals surface area contributed by atoms with Gasteiger partial charge in [-0.25, -0.2) is 9.67 Å². The smallest absolute Gasteiger partial charge is 0.208 e. The summed E-state index contributed by atoms with van der Waals surface area (Å²) in [6.45, 7) is 1.81. The predicted octanol–water partition coefficient (Wildman–Crippen LogP) is 3.55. The van der Waals surface area contributed by atoms with E-state index in [1.807, 2.05) is 61.5 Å². The summed E-state index contributed by atoms with van der Waals surface area (Å²) in [6.07, 6.45) is 1.79. The molecule has 0 aliphatic heterocycles. The van der Waals surface area contributed by atoms with Crippen molar-refractivity contribution in [3.63, 3.8) is 0 Å². The fourth-order valence-corrected chi connectivity index (χ4v) is 2.91. The average molecular weight is 341 g/mol. The number of aromatic amines is 1. The zero-order valence-corrected chi connectivity index (χ0v) is 14.0. The van der Waals surface area contributed by atoms with Gasteiger partial charge in [0.2, 0.25) is 5.78 Å². The van der Waals surface area contributed by atoms with Gasteiger partial charge < -0.3 is 4.98 Å². The summed E-state index contributed by atoms with van der Waals surface area (Å²) < 4.78 is 1.65. The number of H-pyrrole nitrogens is 1. The van der Waals surface area contributed by atoms with Crippen LogP contribution in [0.3, 0.4) is 0 Å². The van der Waals surface area contributed by atoms with E-state index in [0.29, 0.717) is 5.82 Å². The van der Waals surface area contributed by atoms with Crippen LogP contribution in [0.1, 0.15) is 27.8 Å². The molecule has 0 amide bonds. The number of carbonyl (C=O) groups is 1. The van der Waals surface area contributed by atoms with E-state index in [4.69, 9.17) is 0 Å². The Balaban J connectivity index is 1.72. The van der Waals surface area contributed by atoms with Crippen LogP contribution in [0.5, 0.6) is 0 Å². The number of carbonyl (C=O) groups excluding carboxylic acids is 1. The zero-order valence-electron chi connectivity index (χ0n) is 14.0. The molecule has 26 heavy (non-hydrogen) atoms. The van der Waals surface area contributed by atoms with Crippen molar-refractivity contribution in [3.05, 3.63) is 77.9 Å². The normalized spacial score (nSPS) is 12.0. The lowest BCUT2D eigenvalue weighted by Gasteiger charge is -2.04. The minimum absolute atomic E-state index is 0.279. The number of rotatable bonds is 4. The van der Waals surface area contributed by atoms with E-state index in [1.165, 1.54) is 0 Å². The van der Waals surface area contributed by atoms with Crippen LogP contribution in [-0.2, 0) is 0 Å². The fraction of sp³-hybridized carbons (Fsp3) is 0.100. The first-order valence-corrected chi connectivity index (χ1v) is 8.17. The molecule has 0 saturated carbocycles. The third-order valence-corrected chi connectivity index (χ3v) is 4.22. The zero-order chi connectivity index (χ0) is 18.1. The highest BCUT2D eigenvalue weighted by Crippen LogP contribution is 2.23. The summed E-state index contributed by atoms with van der Waals surface area (Å²) in [6, 6.07) is 19.0. The Morgan fingerprint density at radius 2 is 1.88 bits per heavy atom. The van der Waals surface area contributed by atoms with Gasteiger partial charge in [0.1, 0.15) is 11.5 Å². The molecular weight excluding hydrogens is 326 g/mol. The number of hydrogen-bond acceptors (Lipinski definition) is 4. The van der Waals surface area contributed by atoms with Gasteiger partial charge in [-0.15, -0.1) is 0 Å². The van der Waals surface area contributed by atoms with Gasteiger partial charge in [0.25, 0.3) is 0 Å². The fourth-order valence-electron chi connectivity index (χ4n) is 2.91. The molecule has 0 fully saturated rings.